The van der Waals surface area contributed by atoms with Crippen LogP contribution < -0.4 is 15.0 Å². The Morgan fingerprint density at radius 2 is 1.69 bits per heavy atom. The van der Waals surface area contributed by atoms with Crippen molar-refractivity contribution in [2.24, 2.45) is 0 Å². The van der Waals surface area contributed by atoms with Crippen LogP contribution in [0.2, 0.25) is 5.02 Å². The molecule has 0 aliphatic carbocycles. The highest BCUT2D eigenvalue weighted by Gasteiger charge is 2.37. The zero-order valence-corrected chi connectivity index (χ0v) is 22.1. The lowest BCUT2D eigenvalue weighted by atomic mass is 10.1. The Kier molecular flexibility index (Phi) is 7.58. The van der Waals surface area contributed by atoms with Gasteiger partial charge < -0.3 is 9.84 Å². The first kappa shape index (κ1) is 25.6. The number of hydrogen-bond donors (Lipinski definition) is 2. The number of carboxylic acid groups (broad SMARTS) is 1. The van der Waals surface area contributed by atoms with E-state index in [1.165, 1.54) is 30.3 Å². The second kappa shape index (κ2) is 10.7. The molecule has 0 atom stereocenters. The number of ether oxygens (including phenoxy) is 1. The third kappa shape index (κ3) is 5.51. The molecule has 4 amide bonds. The predicted molar refractivity (Wildman–Crippen MR) is 140 cm³/mol. The van der Waals surface area contributed by atoms with Gasteiger partial charge in [-0.25, -0.2) is 14.5 Å². The fourth-order valence-corrected chi connectivity index (χ4v) is 5.01. The Bertz CT molecular complexity index is 1420. The van der Waals surface area contributed by atoms with Crippen LogP contribution in [-0.4, -0.2) is 28.9 Å². The van der Waals surface area contributed by atoms with Crippen LogP contribution in [0, 0.1) is 0 Å². The highest BCUT2D eigenvalue weighted by molar-refractivity contribution is 9.11. The van der Waals surface area contributed by atoms with Crippen molar-refractivity contribution >= 4 is 79.0 Å². The highest BCUT2D eigenvalue weighted by atomic mass is 79.9. The molecule has 0 radical (unpaired) electrons. The summed E-state index contributed by atoms with van der Waals surface area (Å²) < 4.78 is 6.95. The average molecular weight is 635 g/mol. The summed E-state index contributed by atoms with van der Waals surface area (Å²) in [4.78, 5) is 49.7. The maximum Gasteiger partial charge on any atom is 0.335 e. The third-order valence-electron chi connectivity index (χ3n) is 5.08. The average Bonchev–Trinajstić information content (AvgIpc) is 2.81. The molecule has 1 saturated heterocycles. The van der Waals surface area contributed by atoms with Crippen molar-refractivity contribution in [3.05, 3.63) is 96.9 Å². The third-order valence-corrected chi connectivity index (χ3v) is 6.50. The number of carbonyl (C=O) groups excluding carboxylic acids is 3. The minimum absolute atomic E-state index is 0.176. The molecule has 1 aliphatic rings. The van der Waals surface area contributed by atoms with E-state index in [0.29, 0.717) is 25.3 Å². The van der Waals surface area contributed by atoms with E-state index in [4.69, 9.17) is 21.4 Å². The normalized spacial score (nSPS) is 14.7. The number of benzene rings is 3. The van der Waals surface area contributed by atoms with Crippen LogP contribution in [0.25, 0.3) is 6.08 Å². The molecule has 0 unspecified atom stereocenters. The Morgan fingerprint density at radius 3 is 2.31 bits per heavy atom. The molecule has 8 nitrogen and oxygen atoms in total. The van der Waals surface area contributed by atoms with Gasteiger partial charge in [-0.2, -0.15) is 0 Å². The Morgan fingerprint density at radius 1 is 1.03 bits per heavy atom. The summed E-state index contributed by atoms with van der Waals surface area (Å²) in [6, 6.07) is 14.9. The second-order valence-electron chi connectivity index (χ2n) is 7.54. The molecule has 1 heterocycles. The molecule has 4 rings (SSSR count). The molecule has 1 aliphatic heterocycles. The molecule has 3 aromatic carbocycles. The molecule has 11 heteroatoms. The number of nitrogens with zero attached hydrogens (tertiary/aromatic N) is 1. The first-order valence-corrected chi connectivity index (χ1v) is 12.2. The molecule has 0 spiro atoms. The van der Waals surface area contributed by atoms with Gasteiger partial charge in [0.15, 0.2) is 0 Å². The van der Waals surface area contributed by atoms with Crippen LogP contribution in [0.15, 0.2) is 75.2 Å². The number of halogens is 3. The summed E-state index contributed by atoms with van der Waals surface area (Å²) >= 11 is 12.9. The molecule has 0 bridgehead atoms. The van der Waals surface area contributed by atoms with Crippen LogP contribution in [0.4, 0.5) is 10.5 Å². The van der Waals surface area contributed by atoms with E-state index in [1.54, 1.807) is 36.4 Å². The predicted octanol–water partition coefficient (Wildman–Crippen LogP) is 5.81. The molecule has 3 aromatic rings. The Hall–Kier alpha value is -3.47. The minimum atomic E-state index is -1.01. The number of aromatic carboxylic acids is 1. The van der Waals surface area contributed by atoms with Crippen molar-refractivity contribution in [1.82, 2.24) is 5.32 Å². The van der Waals surface area contributed by atoms with E-state index in [2.05, 4.69) is 37.2 Å². The van der Waals surface area contributed by atoms with E-state index in [-0.39, 0.29) is 23.4 Å². The number of carbonyl (C=O) groups is 4. The van der Waals surface area contributed by atoms with Crippen molar-refractivity contribution in [3.63, 3.8) is 0 Å². The maximum atomic E-state index is 13.1. The quantitative estimate of drug-likeness (QED) is 0.262. The van der Waals surface area contributed by atoms with Gasteiger partial charge in [-0.15, -0.1) is 0 Å². The van der Waals surface area contributed by atoms with E-state index in [0.717, 1.165) is 10.5 Å². The van der Waals surface area contributed by atoms with Crippen LogP contribution in [0.5, 0.6) is 5.75 Å². The van der Waals surface area contributed by atoms with Crippen molar-refractivity contribution in [2.45, 2.75) is 6.61 Å². The fraction of sp³-hybridized carbons (Fsp3) is 0.0400. The number of hydrogen-bond acceptors (Lipinski definition) is 5. The van der Waals surface area contributed by atoms with Gasteiger partial charge in [-0.05, 0) is 91.5 Å². The lowest BCUT2D eigenvalue weighted by molar-refractivity contribution is -0.122. The zero-order valence-electron chi connectivity index (χ0n) is 18.1. The highest BCUT2D eigenvalue weighted by Crippen LogP contribution is 2.36. The monoisotopic (exact) mass is 632 g/mol. The van der Waals surface area contributed by atoms with Gasteiger partial charge in [0, 0.05) is 5.02 Å². The molecular weight excluding hydrogens is 620 g/mol. The van der Waals surface area contributed by atoms with Crippen LogP contribution >= 0.6 is 43.5 Å². The molecule has 1 fully saturated rings. The molecule has 0 saturated carbocycles. The van der Waals surface area contributed by atoms with Crippen molar-refractivity contribution in [1.29, 1.82) is 0 Å². The van der Waals surface area contributed by atoms with Crippen LogP contribution in [0.3, 0.4) is 0 Å². The van der Waals surface area contributed by atoms with Crippen molar-refractivity contribution < 1.29 is 29.0 Å². The van der Waals surface area contributed by atoms with Gasteiger partial charge in [0.1, 0.15) is 17.9 Å². The Labute approximate surface area is 226 Å². The zero-order chi connectivity index (χ0) is 26.0. The van der Waals surface area contributed by atoms with Gasteiger partial charge in [-0.1, -0.05) is 29.8 Å². The second-order valence-corrected chi connectivity index (χ2v) is 9.69. The van der Waals surface area contributed by atoms with Gasteiger partial charge >= 0.3 is 12.0 Å². The SMILES string of the molecule is O=C1NC(=O)N(c2cccc(Cl)c2)C(=O)/C1=C/c1cc(Br)c(OCc2ccc(C(=O)O)cc2)c(Br)c1. The molecule has 2 N–H and O–H groups in total. The summed E-state index contributed by atoms with van der Waals surface area (Å²) in [6.45, 7) is 0.176. The number of anilines is 1. The summed E-state index contributed by atoms with van der Waals surface area (Å²) in [5.74, 6) is -2.15. The minimum Gasteiger partial charge on any atom is -0.487 e. The summed E-state index contributed by atoms with van der Waals surface area (Å²) in [6.07, 6.45) is 1.37. The van der Waals surface area contributed by atoms with E-state index in [1.807, 2.05) is 0 Å². The van der Waals surface area contributed by atoms with Gasteiger partial charge in [0.2, 0.25) is 0 Å². The van der Waals surface area contributed by atoms with Crippen molar-refractivity contribution in [2.75, 3.05) is 4.90 Å². The van der Waals surface area contributed by atoms with Crippen LogP contribution in [-0.2, 0) is 16.2 Å². The number of barbiturate groups is 1. The first-order valence-electron chi connectivity index (χ1n) is 10.2. The van der Waals surface area contributed by atoms with Crippen LogP contribution in [0.1, 0.15) is 21.5 Å². The smallest absolute Gasteiger partial charge is 0.335 e. The summed E-state index contributed by atoms with van der Waals surface area (Å²) in [5, 5.41) is 11.5. The Balaban J connectivity index is 1.57. The fourth-order valence-electron chi connectivity index (χ4n) is 3.37. The lowest BCUT2D eigenvalue weighted by Crippen LogP contribution is -2.54. The summed E-state index contributed by atoms with van der Waals surface area (Å²) in [5.41, 5.74) is 1.42. The number of carboxylic acids is 1. The number of urea groups is 1. The number of amides is 4. The van der Waals surface area contributed by atoms with Gasteiger partial charge in [0.05, 0.1) is 20.2 Å². The molecule has 36 heavy (non-hydrogen) atoms. The van der Waals surface area contributed by atoms with E-state index >= 15 is 0 Å². The standard InChI is InChI=1S/C25H15Br2ClN2O6/c26-19-9-14(10-20(27)21(19)36-12-13-4-6-15(7-5-13)24(33)34)8-18-22(31)29-25(35)30(23(18)32)17-3-1-2-16(28)11-17/h1-11H,12H2,(H,33,34)(H,29,31,35)/b18-8+. The lowest BCUT2D eigenvalue weighted by Gasteiger charge is -2.26. The van der Waals surface area contributed by atoms with Gasteiger partial charge in [-0.3, -0.25) is 14.9 Å². The molecule has 182 valence electrons. The topological polar surface area (TPSA) is 113 Å². The number of imide groups is 2. The molecule has 0 aromatic heterocycles. The first-order chi connectivity index (χ1) is 17.1. The van der Waals surface area contributed by atoms with E-state index < -0.39 is 23.8 Å². The summed E-state index contributed by atoms with van der Waals surface area (Å²) in [7, 11) is 0. The number of nitrogens with one attached hydrogen (secondary N) is 1. The largest absolute Gasteiger partial charge is 0.487 e. The number of rotatable bonds is 6. The molecular formula is C25H15Br2ClN2O6. The maximum absolute atomic E-state index is 13.1. The van der Waals surface area contributed by atoms with Crippen molar-refractivity contribution in [3.8, 4) is 5.75 Å². The van der Waals surface area contributed by atoms with Gasteiger partial charge in [0.25, 0.3) is 11.8 Å². The van der Waals surface area contributed by atoms with E-state index in [9.17, 15) is 19.2 Å².